The molecule has 0 aliphatic heterocycles. The lowest BCUT2D eigenvalue weighted by atomic mass is 10.2. The van der Waals surface area contributed by atoms with E-state index in [0.29, 0.717) is 17.1 Å². The quantitative estimate of drug-likeness (QED) is 0.767. The van der Waals surface area contributed by atoms with E-state index in [1.54, 1.807) is 28.8 Å². The fourth-order valence-electron chi connectivity index (χ4n) is 2.27. The predicted molar refractivity (Wildman–Crippen MR) is 90.7 cm³/mol. The molecule has 0 unspecified atom stereocenters. The highest BCUT2D eigenvalue weighted by Gasteiger charge is 2.18. The first-order chi connectivity index (χ1) is 11.4. The van der Waals surface area contributed by atoms with E-state index in [1.807, 2.05) is 20.8 Å². The molecule has 1 N–H and O–H groups in total. The van der Waals surface area contributed by atoms with Crippen LogP contribution in [0.5, 0.6) is 5.75 Å². The fourth-order valence-corrected chi connectivity index (χ4v) is 3.40. The third kappa shape index (κ3) is 3.18. The number of fused-ring (bicyclic) bond motifs is 1. The summed E-state index contributed by atoms with van der Waals surface area (Å²) < 4.78 is 35.1. The number of benzene rings is 1. The van der Waals surface area contributed by atoms with Crippen molar-refractivity contribution in [2.45, 2.75) is 31.8 Å². The van der Waals surface area contributed by atoms with E-state index < -0.39 is 10.0 Å². The minimum absolute atomic E-state index is 0.0266. The molecule has 0 amide bonds. The Hall–Kier alpha value is -2.61. The first-order valence-electron chi connectivity index (χ1n) is 7.45. The van der Waals surface area contributed by atoms with Crippen LogP contribution in [0.2, 0.25) is 0 Å². The average molecular weight is 346 g/mol. The van der Waals surface area contributed by atoms with Gasteiger partial charge >= 0.3 is 0 Å². The van der Waals surface area contributed by atoms with Gasteiger partial charge in [0.25, 0.3) is 10.0 Å². The number of sulfonamides is 1. The fraction of sp³-hybridized carbons (Fsp3) is 0.250. The Morgan fingerprint density at radius 1 is 1.17 bits per heavy atom. The number of hydrogen-bond donors (Lipinski definition) is 1. The molecule has 2 aromatic heterocycles. The second-order valence-corrected chi connectivity index (χ2v) is 7.36. The summed E-state index contributed by atoms with van der Waals surface area (Å²) in [5.41, 5.74) is 1.63. The normalized spacial score (nSPS) is 11.8. The third-order valence-corrected chi connectivity index (χ3v) is 4.78. The maximum atomic E-state index is 12.6. The maximum absolute atomic E-state index is 12.6. The van der Waals surface area contributed by atoms with E-state index >= 15 is 0 Å². The largest absolute Gasteiger partial charge is 0.491 e. The van der Waals surface area contributed by atoms with Crippen LogP contribution in [-0.4, -0.2) is 29.1 Å². The predicted octanol–water partition coefficient (Wildman–Crippen LogP) is 2.63. The molecule has 3 aromatic rings. The number of pyridine rings is 1. The minimum Gasteiger partial charge on any atom is -0.491 e. The van der Waals surface area contributed by atoms with Gasteiger partial charge in [-0.15, -0.1) is 10.2 Å². The molecule has 1 aromatic carbocycles. The average Bonchev–Trinajstić information content (AvgIpc) is 2.99. The van der Waals surface area contributed by atoms with Crippen LogP contribution in [-0.2, 0) is 10.0 Å². The van der Waals surface area contributed by atoms with Crippen molar-refractivity contribution in [1.82, 2.24) is 14.6 Å². The van der Waals surface area contributed by atoms with Gasteiger partial charge in [-0.05, 0) is 56.7 Å². The van der Waals surface area contributed by atoms with Gasteiger partial charge in [-0.25, -0.2) is 8.42 Å². The van der Waals surface area contributed by atoms with Gasteiger partial charge in [0.2, 0.25) is 0 Å². The van der Waals surface area contributed by atoms with Crippen molar-refractivity contribution in [3.05, 3.63) is 48.4 Å². The molecule has 7 nitrogen and oxygen atoms in total. The number of aromatic nitrogens is 3. The molecule has 0 aliphatic rings. The Morgan fingerprint density at radius 2 is 1.88 bits per heavy atom. The molecular weight excluding hydrogens is 328 g/mol. The standard InChI is InChI=1S/C16H18N4O3S/c1-11(2)23-13-4-6-14(7-5-13)24(21,22)19-15-12(3)8-9-20-10-17-18-16(15)20/h4-11,19H,1-3H3. The second-order valence-electron chi connectivity index (χ2n) is 5.68. The highest BCUT2D eigenvalue weighted by atomic mass is 32.2. The molecule has 126 valence electrons. The first kappa shape index (κ1) is 16.3. The molecule has 0 saturated heterocycles. The topological polar surface area (TPSA) is 85.6 Å². The summed E-state index contributed by atoms with van der Waals surface area (Å²) in [6.45, 7) is 5.63. The number of anilines is 1. The van der Waals surface area contributed by atoms with Crippen molar-refractivity contribution in [3.8, 4) is 5.75 Å². The Balaban J connectivity index is 1.93. The third-order valence-electron chi connectivity index (χ3n) is 3.42. The van der Waals surface area contributed by atoms with E-state index in [0.717, 1.165) is 5.56 Å². The summed E-state index contributed by atoms with van der Waals surface area (Å²) in [5, 5.41) is 7.78. The summed E-state index contributed by atoms with van der Waals surface area (Å²) in [4.78, 5) is 0.152. The first-order valence-corrected chi connectivity index (χ1v) is 8.93. The highest BCUT2D eigenvalue weighted by Crippen LogP contribution is 2.24. The lowest BCUT2D eigenvalue weighted by molar-refractivity contribution is 0.242. The van der Waals surface area contributed by atoms with Crippen LogP contribution >= 0.6 is 0 Å². The van der Waals surface area contributed by atoms with Crippen LogP contribution in [0.3, 0.4) is 0 Å². The van der Waals surface area contributed by atoms with Gasteiger partial charge in [0.1, 0.15) is 12.1 Å². The molecule has 2 heterocycles. The molecule has 0 aliphatic carbocycles. The Kier molecular flexibility index (Phi) is 4.15. The number of nitrogens with one attached hydrogen (secondary N) is 1. The van der Waals surface area contributed by atoms with E-state index in [2.05, 4.69) is 14.9 Å². The van der Waals surface area contributed by atoms with Gasteiger partial charge in [-0.3, -0.25) is 9.12 Å². The van der Waals surface area contributed by atoms with Crippen LogP contribution in [0.1, 0.15) is 19.4 Å². The molecule has 0 bridgehead atoms. The van der Waals surface area contributed by atoms with Crippen molar-refractivity contribution < 1.29 is 13.2 Å². The lowest BCUT2D eigenvalue weighted by Gasteiger charge is -2.13. The number of hydrogen-bond acceptors (Lipinski definition) is 5. The van der Waals surface area contributed by atoms with E-state index in [-0.39, 0.29) is 11.0 Å². The summed E-state index contributed by atoms with van der Waals surface area (Å²) in [6, 6.07) is 8.10. The molecule has 0 fully saturated rings. The van der Waals surface area contributed by atoms with Crippen LogP contribution in [0.25, 0.3) is 5.65 Å². The van der Waals surface area contributed by atoms with Crippen molar-refractivity contribution in [2.75, 3.05) is 4.72 Å². The molecule has 3 rings (SSSR count). The minimum atomic E-state index is -3.74. The van der Waals surface area contributed by atoms with Gasteiger partial charge in [0.15, 0.2) is 5.65 Å². The molecular formula is C16H18N4O3S. The van der Waals surface area contributed by atoms with Crippen molar-refractivity contribution in [2.24, 2.45) is 0 Å². The summed E-state index contributed by atoms with van der Waals surface area (Å²) in [7, 11) is -3.74. The van der Waals surface area contributed by atoms with Crippen LogP contribution < -0.4 is 9.46 Å². The van der Waals surface area contributed by atoms with Crippen LogP contribution in [0.4, 0.5) is 5.69 Å². The van der Waals surface area contributed by atoms with E-state index in [1.165, 1.54) is 18.5 Å². The zero-order chi connectivity index (χ0) is 17.3. The number of ether oxygens (including phenoxy) is 1. The molecule has 0 spiro atoms. The zero-order valence-corrected chi connectivity index (χ0v) is 14.4. The van der Waals surface area contributed by atoms with Gasteiger partial charge < -0.3 is 4.74 Å². The van der Waals surface area contributed by atoms with E-state index in [4.69, 9.17) is 4.74 Å². The number of aryl methyl sites for hydroxylation is 1. The number of rotatable bonds is 5. The lowest BCUT2D eigenvalue weighted by Crippen LogP contribution is -2.15. The Labute approximate surface area is 140 Å². The van der Waals surface area contributed by atoms with Crippen LogP contribution in [0, 0.1) is 6.92 Å². The molecule has 0 radical (unpaired) electrons. The van der Waals surface area contributed by atoms with Crippen molar-refractivity contribution in [1.29, 1.82) is 0 Å². The number of nitrogens with zero attached hydrogens (tertiary/aromatic N) is 3. The van der Waals surface area contributed by atoms with Gasteiger partial charge in [-0.1, -0.05) is 0 Å². The van der Waals surface area contributed by atoms with Gasteiger partial charge in [-0.2, -0.15) is 0 Å². The van der Waals surface area contributed by atoms with E-state index in [9.17, 15) is 8.42 Å². The molecule has 8 heteroatoms. The SMILES string of the molecule is Cc1ccn2cnnc2c1NS(=O)(=O)c1ccc(OC(C)C)cc1. The summed E-state index contributed by atoms with van der Waals surface area (Å²) in [5.74, 6) is 0.625. The highest BCUT2D eigenvalue weighted by molar-refractivity contribution is 7.92. The zero-order valence-electron chi connectivity index (χ0n) is 13.6. The Bertz CT molecular complexity index is 963. The van der Waals surface area contributed by atoms with Gasteiger partial charge in [0.05, 0.1) is 16.7 Å². The van der Waals surface area contributed by atoms with Gasteiger partial charge in [0, 0.05) is 6.20 Å². The monoisotopic (exact) mass is 346 g/mol. The van der Waals surface area contributed by atoms with Crippen LogP contribution in [0.15, 0.2) is 47.8 Å². The summed E-state index contributed by atoms with van der Waals surface area (Å²) >= 11 is 0. The molecule has 0 atom stereocenters. The van der Waals surface area contributed by atoms with Crippen molar-refractivity contribution in [3.63, 3.8) is 0 Å². The smallest absolute Gasteiger partial charge is 0.262 e. The summed E-state index contributed by atoms with van der Waals surface area (Å²) in [6.07, 6.45) is 3.32. The Morgan fingerprint density at radius 3 is 2.54 bits per heavy atom. The van der Waals surface area contributed by atoms with Crippen molar-refractivity contribution >= 4 is 21.4 Å². The maximum Gasteiger partial charge on any atom is 0.262 e. The molecule has 0 saturated carbocycles. The molecule has 24 heavy (non-hydrogen) atoms. The second kappa shape index (κ2) is 6.12.